The monoisotopic (exact) mass is 310 g/mol. The van der Waals surface area contributed by atoms with Crippen LogP contribution in [0.15, 0.2) is 0 Å². The van der Waals surface area contributed by atoms with E-state index in [9.17, 15) is 0 Å². The summed E-state index contributed by atoms with van der Waals surface area (Å²) in [5.41, 5.74) is 3.17. The number of fused-ring (bicyclic) bond motifs is 1. The van der Waals surface area contributed by atoms with Crippen LogP contribution in [0.1, 0.15) is 44.2 Å². The molecule has 2 aromatic heterocycles. The molecule has 2 atom stereocenters. The Bertz CT molecular complexity index is 627. The first kappa shape index (κ1) is 14.9. The maximum absolute atomic E-state index is 5.97. The van der Waals surface area contributed by atoms with Gasteiger partial charge in [-0.25, -0.2) is 4.98 Å². The molecule has 2 unspecified atom stereocenters. The molecular weight excluding hydrogens is 288 g/mol. The van der Waals surface area contributed by atoms with Gasteiger partial charge in [0.1, 0.15) is 11.3 Å². The molecule has 21 heavy (non-hydrogen) atoms. The number of ether oxygens (including phenoxy) is 1. The number of aromatic nitrogens is 4. The Morgan fingerprint density at radius 1 is 1.48 bits per heavy atom. The van der Waals surface area contributed by atoms with E-state index in [1.54, 1.807) is 0 Å². The summed E-state index contributed by atoms with van der Waals surface area (Å²) in [4.78, 5) is 4.83. The van der Waals surface area contributed by atoms with E-state index in [0.29, 0.717) is 5.88 Å². The standard InChI is InChI=1S/C15H23ClN4O/c1-4-11-14-15(19(3)18-11)20(13(17-14)7-8-16)10(2)12-6-5-9-21-12/h10,12H,4-9H2,1-3H3. The third-order valence-corrected chi connectivity index (χ3v) is 4.56. The van der Waals surface area contributed by atoms with Crippen molar-refractivity contribution in [2.75, 3.05) is 12.5 Å². The summed E-state index contributed by atoms with van der Waals surface area (Å²) in [6.07, 6.45) is 4.18. The van der Waals surface area contributed by atoms with Crippen molar-refractivity contribution in [3.05, 3.63) is 11.5 Å². The van der Waals surface area contributed by atoms with Crippen LogP contribution in [0, 0.1) is 0 Å². The summed E-state index contributed by atoms with van der Waals surface area (Å²) in [7, 11) is 1.99. The first-order valence-electron chi connectivity index (χ1n) is 7.77. The van der Waals surface area contributed by atoms with E-state index in [1.807, 2.05) is 11.7 Å². The molecule has 1 aliphatic rings. The molecule has 116 valence electrons. The summed E-state index contributed by atoms with van der Waals surface area (Å²) in [6.45, 7) is 5.20. The number of halogens is 1. The van der Waals surface area contributed by atoms with Crippen LogP contribution in [-0.4, -0.2) is 37.9 Å². The van der Waals surface area contributed by atoms with Gasteiger partial charge >= 0.3 is 0 Å². The van der Waals surface area contributed by atoms with Gasteiger partial charge in [-0.1, -0.05) is 6.92 Å². The normalized spacial score (nSPS) is 20.5. The SMILES string of the molecule is CCc1nn(C)c2c1nc(CCCl)n2C(C)C1CCCO1. The molecule has 3 rings (SSSR count). The van der Waals surface area contributed by atoms with Crippen molar-refractivity contribution in [2.45, 2.75) is 51.7 Å². The molecule has 6 heteroatoms. The topological polar surface area (TPSA) is 44.9 Å². The third kappa shape index (κ3) is 2.46. The van der Waals surface area contributed by atoms with Gasteiger partial charge in [0.25, 0.3) is 0 Å². The largest absolute Gasteiger partial charge is 0.376 e. The molecular formula is C15H23ClN4O. The van der Waals surface area contributed by atoms with E-state index in [4.69, 9.17) is 21.3 Å². The molecule has 5 nitrogen and oxygen atoms in total. The molecule has 2 aromatic rings. The maximum atomic E-state index is 5.97. The second kappa shape index (κ2) is 5.97. The Morgan fingerprint density at radius 3 is 2.90 bits per heavy atom. The van der Waals surface area contributed by atoms with Gasteiger partial charge in [0.15, 0.2) is 5.65 Å². The fourth-order valence-corrected chi connectivity index (χ4v) is 3.49. The highest BCUT2D eigenvalue weighted by atomic mass is 35.5. The third-order valence-electron chi connectivity index (χ3n) is 4.37. The van der Waals surface area contributed by atoms with E-state index >= 15 is 0 Å². The van der Waals surface area contributed by atoms with Crippen molar-refractivity contribution in [1.29, 1.82) is 0 Å². The van der Waals surface area contributed by atoms with Crippen LogP contribution in [-0.2, 0) is 24.6 Å². The summed E-state index contributed by atoms with van der Waals surface area (Å²) in [5.74, 6) is 1.63. The Hall–Kier alpha value is -1.07. The van der Waals surface area contributed by atoms with Gasteiger partial charge in [0, 0.05) is 26.0 Å². The lowest BCUT2D eigenvalue weighted by molar-refractivity contribution is 0.0733. The molecule has 3 heterocycles. The Kier molecular flexibility index (Phi) is 4.22. The second-order valence-corrected chi connectivity index (χ2v) is 6.10. The molecule has 1 saturated heterocycles. The minimum Gasteiger partial charge on any atom is -0.376 e. The van der Waals surface area contributed by atoms with Crippen LogP contribution in [0.2, 0.25) is 0 Å². The zero-order valence-electron chi connectivity index (χ0n) is 13.0. The number of rotatable bonds is 5. The van der Waals surface area contributed by atoms with Crippen molar-refractivity contribution < 1.29 is 4.74 Å². The van der Waals surface area contributed by atoms with E-state index in [-0.39, 0.29) is 12.1 Å². The van der Waals surface area contributed by atoms with Crippen molar-refractivity contribution in [3.63, 3.8) is 0 Å². The van der Waals surface area contributed by atoms with Crippen LogP contribution in [0.4, 0.5) is 0 Å². The lowest BCUT2D eigenvalue weighted by atomic mass is 10.1. The fraction of sp³-hybridized carbons (Fsp3) is 0.733. The van der Waals surface area contributed by atoms with Crippen molar-refractivity contribution in [1.82, 2.24) is 19.3 Å². The molecule has 1 aliphatic heterocycles. The smallest absolute Gasteiger partial charge is 0.159 e. The van der Waals surface area contributed by atoms with Crippen molar-refractivity contribution in [3.8, 4) is 0 Å². The number of nitrogens with zero attached hydrogens (tertiary/aromatic N) is 4. The summed E-state index contributed by atoms with van der Waals surface area (Å²) in [6, 6.07) is 0.260. The van der Waals surface area contributed by atoms with E-state index in [0.717, 1.165) is 55.0 Å². The van der Waals surface area contributed by atoms with Gasteiger partial charge < -0.3 is 9.30 Å². The predicted molar refractivity (Wildman–Crippen MR) is 84.0 cm³/mol. The molecule has 0 bridgehead atoms. The predicted octanol–water partition coefficient (Wildman–Crippen LogP) is 2.85. The molecule has 0 amide bonds. The van der Waals surface area contributed by atoms with Gasteiger partial charge in [-0.15, -0.1) is 11.6 Å². The molecule has 0 N–H and O–H groups in total. The molecule has 0 radical (unpaired) electrons. The summed E-state index contributed by atoms with van der Waals surface area (Å²) >= 11 is 5.97. The Morgan fingerprint density at radius 2 is 2.29 bits per heavy atom. The number of alkyl halides is 1. The average molecular weight is 311 g/mol. The maximum Gasteiger partial charge on any atom is 0.159 e. The lowest BCUT2D eigenvalue weighted by Crippen LogP contribution is -2.23. The molecule has 1 fully saturated rings. The van der Waals surface area contributed by atoms with Crippen molar-refractivity contribution in [2.24, 2.45) is 7.05 Å². The zero-order chi connectivity index (χ0) is 15.0. The van der Waals surface area contributed by atoms with Crippen LogP contribution >= 0.6 is 11.6 Å². The van der Waals surface area contributed by atoms with Gasteiger partial charge in [-0.3, -0.25) is 4.68 Å². The highest BCUT2D eigenvalue weighted by molar-refractivity contribution is 6.17. The Balaban J connectivity index is 2.12. The minimum atomic E-state index is 0.260. The van der Waals surface area contributed by atoms with Crippen LogP contribution < -0.4 is 0 Å². The fourth-order valence-electron chi connectivity index (χ4n) is 3.32. The number of hydrogen-bond donors (Lipinski definition) is 0. The first-order valence-corrected chi connectivity index (χ1v) is 8.31. The van der Waals surface area contributed by atoms with Gasteiger partial charge in [0.05, 0.1) is 17.8 Å². The van der Waals surface area contributed by atoms with E-state index in [1.165, 1.54) is 0 Å². The van der Waals surface area contributed by atoms with Crippen LogP contribution in [0.25, 0.3) is 11.2 Å². The molecule has 0 saturated carbocycles. The highest BCUT2D eigenvalue weighted by Crippen LogP contribution is 2.30. The minimum absolute atomic E-state index is 0.260. The molecule has 0 spiro atoms. The number of hydrogen-bond acceptors (Lipinski definition) is 3. The highest BCUT2D eigenvalue weighted by Gasteiger charge is 2.29. The summed E-state index contributed by atoms with van der Waals surface area (Å²) < 4.78 is 10.1. The lowest BCUT2D eigenvalue weighted by Gasteiger charge is -2.23. The van der Waals surface area contributed by atoms with Gasteiger partial charge in [0.2, 0.25) is 0 Å². The van der Waals surface area contributed by atoms with Crippen LogP contribution in [0.3, 0.4) is 0 Å². The summed E-state index contributed by atoms with van der Waals surface area (Å²) in [5, 5.41) is 4.60. The number of aryl methyl sites for hydroxylation is 3. The molecule has 0 aliphatic carbocycles. The first-order chi connectivity index (χ1) is 10.2. The van der Waals surface area contributed by atoms with E-state index in [2.05, 4.69) is 23.5 Å². The number of imidazole rings is 1. The average Bonchev–Trinajstić information content (AvgIpc) is 3.16. The quantitative estimate of drug-likeness (QED) is 0.798. The van der Waals surface area contributed by atoms with Gasteiger partial charge in [-0.2, -0.15) is 5.10 Å². The zero-order valence-corrected chi connectivity index (χ0v) is 13.7. The van der Waals surface area contributed by atoms with E-state index < -0.39 is 0 Å². The molecule has 0 aromatic carbocycles. The van der Waals surface area contributed by atoms with Crippen molar-refractivity contribution >= 4 is 22.8 Å². The van der Waals surface area contributed by atoms with Crippen LogP contribution in [0.5, 0.6) is 0 Å². The second-order valence-electron chi connectivity index (χ2n) is 5.73. The van der Waals surface area contributed by atoms with Gasteiger partial charge in [-0.05, 0) is 26.2 Å². The Labute approximate surface area is 130 Å².